The SMILES string of the molecule is CC(C)C(=O)N1CCC(C(=O)OCc2nc3ccccc3s2)CC1. The van der Waals surface area contributed by atoms with Gasteiger partial charge in [-0.05, 0) is 25.0 Å². The Morgan fingerprint density at radius 2 is 2.00 bits per heavy atom. The number of likely N-dealkylation sites (tertiary alicyclic amines) is 1. The molecule has 2 heterocycles. The average Bonchev–Trinajstić information content (AvgIpc) is 3.02. The second-order valence-electron chi connectivity index (χ2n) is 6.44. The maximum absolute atomic E-state index is 12.2. The summed E-state index contributed by atoms with van der Waals surface area (Å²) in [6.07, 6.45) is 1.36. The van der Waals surface area contributed by atoms with Gasteiger partial charge in [-0.25, -0.2) is 4.98 Å². The second kappa shape index (κ2) is 7.30. The van der Waals surface area contributed by atoms with Crippen LogP contribution in [-0.2, 0) is 20.9 Å². The Morgan fingerprint density at radius 1 is 1.29 bits per heavy atom. The number of ether oxygens (including phenoxy) is 1. The highest BCUT2D eigenvalue weighted by Gasteiger charge is 2.29. The van der Waals surface area contributed by atoms with Crippen molar-refractivity contribution in [3.05, 3.63) is 29.3 Å². The molecular weight excluding hydrogens is 324 g/mol. The van der Waals surface area contributed by atoms with Crippen LogP contribution in [0.5, 0.6) is 0 Å². The van der Waals surface area contributed by atoms with Crippen molar-refractivity contribution in [2.24, 2.45) is 11.8 Å². The number of esters is 1. The molecule has 1 aromatic heterocycles. The molecule has 0 aliphatic carbocycles. The van der Waals surface area contributed by atoms with Crippen LogP contribution >= 0.6 is 11.3 Å². The number of para-hydroxylation sites is 1. The summed E-state index contributed by atoms with van der Waals surface area (Å²) in [6.45, 7) is 5.31. The van der Waals surface area contributed by atoms with E-state index in [1.54, 1.807) is 11.3 Å². The van der Waals surface area contributed by atoms with Crippen molar-refractivity contribution < 1.29 is 14.3 Å². The molecule has 1 aliphatic rings. The van der Waals surface area contributed by atoms with Crippen LogP contribution < -0.4 is 0 Å². The van der Waals surface area contributed by atoms with E-state index >= 15 is 0 Å². The van der Waals surface area contributed by atoms with Gasteiger partial charge in [0.25, 0.3) is 0 Å². The molecule has 0 spiro atoms. The molecule has 1 saturated heterocycles. The summed E-state index contributed by atoms with van der Waals surface area (Å²) >= 11 is 1.55. The van der Waals surface area contributed by atoms with E-state index in [9.17, 15) is 9.59 Å². The zero-order valence-electron chi connectivity index (χ0n) is 14.0. The minimum absolute atomic E-state index is 0.00698. The number of hydrogen-bond acceptors (Lipinski definition) is 5. The van der Waals surface area contributed by atoms with Crippen LogP contribution in [0.1, 0.15) is 31.7 Å². The third-order valence-electron chi connectivity index (χ3n) is 4.31. The number of fused-ring (bicyclic) bond motifs is 1. The quantitative estimate of drug-likeness (QED) is 0.798. The summed E-state index contributed by atoms with van der Waals surface area (Å²) in [4.78, 5) is 30.5. The predicted molar refractivity (Wildman–Crippen MR) is 93.6 cm³/mol. The number of nitrogens with zero attached hydrogens (tertiary/aromatic N) is 2. The summed E-state index contributed by atoms with van der Waals surface area (Å²) < 4.78 is 6.55. The molecule has 1 fully saturated rings. The van der Waals surface area contributed by atoms with Gasteiger partial charge in [0, 0.05) is 19.0 Å². The maximum atomic E-state index is 12.2. The minimum Gasteiger partial charge on any atom is -0.458 e. The number of rotatable bonds is 4. The molecule has 0 radical (unpaired) electrons. The summed E-state index contributed by atoms with van der Waals surface area (Å²) in [6, 6.07) is 7.89. The molecule has 128 valence electrons. The molecule has 0 bridgehead atoms. The van der Waals surface area contributed by atoms with E-state index < -0.39 is 0 Å². The van der Waals surface area contributed by atoms with Crippen LogP contribution in [0.15, 0.2) is 24.3 Å². The molecule has 0 atom stereocenters. The smallest absolute Gasteiger partial charge is 0.309 e. The maximum Gasteiger partial charge on any atom is 0.309 e. The van der Waals surface area contributed by atoms with Crippen LogP contribution in [0.25, 0.3) is 10.2 Å². The van der Waals surface area contributed by atoms with Gasteiger partial charge < -0.3 is 9.64 Å². The second-order valence-corrected chi connectivity index (χ2v) is 7.55. The highest BCUT2D eigenvalue weighted by atomic mass is 32.1. The summed E-state index contributed by atoms with van der Waals surface area (Å²) in [5.41, 5.74) is 0.939. The number of carbonyl (C=O) groups excluding carboxylic acids is 2. The molecule has 0 saturated carbocycles. The van der Waals surface area contributed by atoms with Crippen molar-refractivity contribution >= 4 is 33.4 Å². The van der Waals surface area contributed by atoms with Gasteiger partial charge in [-0.1, -0.05) is 26.0 Å². The number of aromatic nitrogens is 1. The Labute approximate surface area is 145 Å². The van der Waals surface area contributed by atoms with Crippen LogP contribution in [0.4, 0.5) is 0 Å². The van der Waals surface area contributed by atoms with Gasteiger partial charge in [-0.15, -0.1) is 11.3 Å². The lowest BCUT2D eigenvalue weighted by atomic mass is 9.96. The highest BCUT2D eigenvalue weighted by molar-refractivity contribution is 7.18. The fourth-order valence-corrected chi connectivity index (χ4v) is 3.81. The molecule has 0 unspecified atom stereocenters. The van der Waals surface area contributed by atoms with E-state index in [2.05, 4.69) is 4.98 Å². The number of benzene rings is 1. The molecule has 1 aromatic carbocycles. The van der Waals surface area contributed by atoms with Gasteiger partial charge in [-0.2, -0.15) is 0 Å². The van der Waals surface area contributed by atoms with Gasteiger partial charge in [-0.3, -0.25) is 9.59 Å². The van der Waals surface area contributed by atoms with E-state index in [4.69, 9.17) is 4.74 Å². The van der Waals surface area contributed by atoms with E-state index in [0.717, 1.165) is 15.2 Å². The van der Waals surface area contributed by atoms with Crippen molar-refractivity contribution in [2.45, 2.75) is 33.3 Å². The zero-order chi connectivity index (χ0) is 17.1. The van der Waals surface area contributed by atoms with Gasteiger partial charge in [0.2, 0.25) is 5.91 Å². The van der Waals surface area contributed by atoms with Crippen LogP contribution in [0, 0.1) is 11.8 Å². The van der Waals surface area contributed by atoms with Gasteiger partial charge in [0.05, 0.1) is 16.1 Å². The largest absolute Gasteiger partial charge is 0.458 e. The number of carbonyl (C=O) groups is 2. The first-order chi connectivity index (χ1) is 11.5. The van der Waals surface area contributed by atoms with E-state index in [0.29, 0.717) is 25.9 Å². The monoisotopic (exact) mass is 346 g/mol. The first kappa shape index (κ1) is 16.9. The molecule has 24 heavy (non-hydrogen) atoms. The lowest BCUT2D eigenvalue weighted by molar-refractivity contribution is -0.153. The minimum atomic E-state index is -0.175. The number of piperidine rings is 1. The summed E-state index contributed by atoms with van der Waals surface area (Å²) in [5, 5.41) is 0.817. The lowest BCUT2D eigenvalue weighted by Gasteiger charge is -2.32. The number of thiazole rings is 1. The van der Waals surface area contributed by atoms with E-state index in [-0.39, 0.29) is 30.3 Å². The first-order valence-corrected chi connectivity index (χ1v) is 9.16. The fraction of sp³-hybridized carbons (Fsp3) is 0.500. The van der Waals surface area contributed by atoms with Crippen molar-refractivity contribution in [1.29, 1.82) is 0 Å². The van der Waals surface area contributed by atoms with Crippen molar-refractivity contribution in [1.82, 2.24) is 9.88 Å². The predicted octanol–water partition coefficient (Wildman–Crippen LogP) is 3.23. The molecule has 6 heteroatoms. The Bertz CT molecular complexity index is 700. The van der Waals surface area contributed by atoms with Crippen LogP contribution in [0.2, 0.25) is 0 Å². The first-order valence-electron chi connectivity index (χ1n) is 8.34. The van der Waals surface area contributed by atoms with Gasteiger partial charge >= 0.3 is 5.97 Å². The Hall–Kier alpha value is -1.95. The Morgan fingerprint density at radius 3 is 2.67 bits per heavy atom. The third kappa shape index (κ3) is 3.75. The molecule has 0 N–H and O–H groups in total. The topological polar surface area (TPSA) is 59.5 Å². The van der Waals surface area contributed by atoms with Crippen molar-refractivity contribution in [3.63, 3.8) is 0 Å². The Balaban J connectivity index is 1.50. The third-order valence-corrected chi connectivity index (χ3v) is 5.32. The van der Waals surface area contributed by atoms with Gasteiger partial charge in [0.1, 0.15) is 11.6 Å². The van der Waals surface area contributed by atoms with E-state index in [1.807, 2.05) is 43.0 Å². The summed E-state index contributed by atoms with van der Waals surface area (Å²) in [5.74, 6) is -0.120. The fourth-order valence-electron chi connectivity index (χ4n) is 2.93. The standard InChI is InChI=1S/C18H22N2O3S/c1-12(2)17(21)20-9-7-13(8-10-20)18(22)23-11-16-19-14-5-3-4-6-15(14)24-16/h3-6,12-13H,7-11H2,1-2H3. The molecular formula is C18H22N2O3S. The molecule has 1 amide bonds. The summed E-state index contributed by atoms with van der Waals surface area (Å²) in [7, 11) is 0. The molecule has 3 rings (SSSR count). The normalized spacial score (nSPS) is 15.9. The van der Waals surface area contributed by atoms with Crippen molar-refractivity contribution in [2.75, 3.05) is 13.1 Å². The van der Waals surface area contributed by atoms with E-state index in [1.165, 1.54) is 0 Å². The average molecular weight is 346 g/mol. The molecule has 1 aliphatic heterocycles. The zero-order valence-corrected chi connectivity index (χ0v) is 14.8. The number of hydrogen-bond donors (Lipinski definition) is 0. The molecule has 5 nitrogen and oxygen atoms in total. The Kier molecular flexibility index (Phi) is 5.14. The highest BCUT2D eigenvalue weighted by Crippen LogP contribution is 2.24. The van der Waals surface area contributed by atoms with Gasteiger partial charge in [0.15, 0.2) is 0 Å². The van der Waals surface area contributed by atoms with Crippen LogP contribution in [-0.4, -0.2) is 34.8 Å². The van der Waals surface area contributed by atoms with Crippen LogP contribution in [0.3, 0.4) is 0 Å². The lowest BCUT2D eigenvalue weighted by Crippen LogP contribution is -2.42. The van der Waals surface area contributed by atoms with Crippen molar-refractivity contribution in [3.8, 4) is 0 Å². The number of amides is 1. The molecule has 2 aromatic rings.